The maximum atomic E-state index is 9.63. The number of nitrogens with zero attached hydrogens (tertiary/aromatic N) is 1. The Morgan fingerprint density at radius 1 is 1.28 bits per heavy atom. The van der Waals surface area contributed by atoms with E-state index in [4.69, 9.17) is 16.3 Å². The summed E-state index contributed by atoms with van der Waals surface area (Å²) in [5.74, 6) is 1.18. The lowest BCUT2D eigenvalue weighted by Crippen LogP contribution is -1.98. The van der Waals surface area contributed by atoms with Crippen LogP contribution in [0.25, 0.3) is 0 Å². The van der Waals surface area contributed by atoms with Crippen molar-refractivity contribution in [1.82, 2.24) is 4.98 Å². The van der Waals surface area contributed by atoms with Gasteiger partial charge in [-0.1, -0.05) is 30.7 Å². The monoisotopic (exact) mass is 263 g/mol. The molecule has 4 heteroatoms. The van der Waals surface area contributed by atoms with Crippen molar-refractivity contribution < 1.29 is 9.84 Å². The van der Waals surface area contributed by atoms with Gasteiger partial charge in [0, 0.05) is 0 Å². The lowest BCUT2D eigenvalue weighted by atomic mass is 10.2. The smallest absolute Gasteiger partial charge is 0.146 e. The number of hydrogen-bond donors (Lipinski definition) is 1. The summed E-state index contributed by atoms with van der Waals surface area (Å²) >= 11 is 5.99. The van der Waals surface area contributed by atoms with E-state index in [0.717, 1.165) is 0 Å². The van der Waals surface area contributed by atoms with Crippen LogP contribution in [0.1, 0.15) is 25.1 Å². The molecule has 0 fully saturated rings. The molecule has 2 rings (SSSR count). The molecule has 94 valence electrons. The van der Waals surface area contributed by atoms with Crippen LogP contribution in [0.15, 0.2) is 42.6 Å². The third kappa shape index (κ3) is 3.00. The number of benzene rings is 1. The number of halogens is 1. The van der Waals surface area contributed by atoms with Gasteiger partial charge in [-0.25, -0.2) is 0 Å². The molecular formula is C14H14ClNO2. The molecule has 0 saturated carbocycles. The van der Waals surface area contributed by atoms with Crippen LogP contribution in [0.5, 0.6) is 11.5 Å². The van der Waals surface area contributed by atoms with Crippen molar-refractivity contribution in [3.8, 4) is 11.5 Å². The highest BCUT2D eigenvalue weighted by Crippen LogP contribution is 2.28. The summed E-state index contributed by atoms with van der Waals surface area (Å²) in [6.45, 7) is 1.90. The topological polar surface area (TPSA) is 42.4 Å². The van der Waals surface area contributed by atoms with E-state index in [-0.39, 0.29) is 0 Å². The van der Waals surface area contributed by atoms with E-state index in [2.05, 4.69) is 4.98 Å². The van der Waals surface area contributed by atoms with Crippen LogP contribution in [0, 0.1) is 0 Å². The summed E-state index contributed by atoms with van der Waals surface area (Å²) in [6.07, 6.45) is 1.69. The van der Waals surface area contributed by atoms with E-state index < -0.39 is 6.10 Å². The van der Waals surface area contributed by atoms with Crippen molar-refractivity contribution >= 4 is 11.6 Å². The normalized spacial score (nSPS) is 12.2. The fourth-order valence-corrected chi connectivity index (χ4v) is 1.69. The number of aromatic nitrogens is 1. The van der Waals surface area contributed by atoms with Crippen LogP contribution in [0.4, 0.5) is 0 Å². The van der Waals surface area contributed by atoms with Crippen LogP contribution in [-0.2, 0) is 0 Å². The maximum absolute atomic E-state index is 9.63. The number of ether oxygens (including phenoxy) is 1. The summed E-state index contributed by atoms with van der Waals surface area (Å²) in [7, 11) is 0. The molecule has 0 spiro atoms. The van der Waals surface area contributed by atoms with Gasteiger partial charge in [-0.3, -0.25) is 4.98 Å². The molecule has 0 amide bonds. The lowest BCUT2D eigenvalue weighted by Gasteiger charge is -2.09. The minimum Gasteiger partial charge on any atom is -0.454 e. The van der Waals surface area contributed by atoms with Crippen LogP contribution in [-0.4, -0.2) is 10.1 Å². The third-order valence-electron chi connectivity index (χ3n) is 2.55. The van der Waals surface area contributed by atoms with Gasteiger partial charge in [-0.05, 0) is 30.7 Å². The zero-order chi connectivity index (χ0) is 13.0. The van der Waals surface area contributed by atoms with Gasteiger partial charge >= 0.3 is 0 Å². The van der Waals surface area contributed by atoms with Crippen molar-refractivity contribution in [1.29, 1.82) is 0 Å². The quantitative estimate of drug-likeness (QED) is 0.908. The zero-order valence-electron chi connectivity index (χ0n) is 10.0. The molecule has 1 aromatic carbocycles. The van der Waals surface area contributed by atoms with Gasteiger partial charge in [0.25, 0.3) is 0 Å². The van der Waals surface area contributed by atoms with Gasteiger partial charge in [0.15, 0.2) is 0 Å². The fraction of sp³-hybridized carbons (Fsp3) is 0.214. The Labute approximate surface area is 111 Å². The summed E-state index contributed by atoms with van der Waals surface area (Å²) in [5, 5.41) is 10.2. The zero-order valence-corrected chi connectivity index (χ0v) is 10.8. The minimum atomic E-state index is -0.528. The summed E-state index contributed by atoms with van der Waals surface area (Å²) in [6, 6.07) is 10.8. The molecule has 18 heavy (non-hydrogen) atoms. The number of aliphatic hydroxyl groups is 1. The Balaban J connectivity index is 2.14. The Morgan fingerprint density at radius 3 is 2.67 bits per heavy atom. The first-order chi connectivity index (χ1) is 8.70. The van der Waals surface area contributed by atoms with E-state index in [1.807, 2.05) is 19.1 Å². The average molecular weight is 264 g/mol. The van der Waals surface area contributed by atoms with Gasteiger partial charge < -0.3 is 9.84 Å². The molecule has 0 aliphatic carbocycles. The molecule has 1 unspecified atom stereocenters. The third-order valence-corrected chi connectivity index (χ3v) is 2.86. The molecule has 0 saturated heterocycles. The van der Waals surface area contributed by atoms with E-state index in [9.17, 15) is 5.11 Å². The highest BCUT2D eigenvalue weighted by molar-refractivity contribution is 6.32. The van der Waals surface area contributed by atoms with Crippen molar-refractivity contribution in [3.63, 3.8) is 0 Å². The summed E-state index contributed by atoms with van der Waals surface area (Å²) in [4.78, 5) is 4.16. The SMILES string of the molecule is CCC(O)c1ccc(Oc2ccccc2Cl)cn1. The number of rotatable bonds is 4. The Hall–Kier alpha value is -1.58. The van der Waals surface area contributed by atoms with Crippen molar-refractivity contribution in [3.05, 3.63) is 53.3 Å². The molecule has 1 heterocycles. The summed E-state index contributed by atoms with van der Waals surface area (Å²) in [5.41, 5.74) is 0.643. The highest BCUT2D eigenvalue weighted by Gasteiger charge is 2.07. The van der Waals surface area contributed by atoms with Crippen LogP contribution in [0.2, 0.25) is 5.02 Å². The average Bonchev–Trinajstić information content (AvgIpc) is 2.41. The standard InChI is InChI=1S/C14H14ClNO2/c1-2-13(17)12-8-7-10(9-16-12)18-14-6-4-3-5-11(14)15/h3-9,13,17H,2H2,1H3. The molecule has 0 radical (unpaired) electrons. The molecule has 0 aliphatic heterocycles. The molecule has 2 aromatic rings. The first kappa shape index (κ1) is 12.9. The molecule has 1 aromatic heterocycles. The highest BCUT2D eigenvalue weighted by atomic mass is 35.5. The van der Waals surface area contributed by atoms with Gasteiger partial charge in [0.2, 0.25) is 0 Å². The van der Waals surface area contributed by atoms with E-state index in [0.29, 0.717) is 28.6 Å². The molecule has 0 bridgehead atoms. The van der Waals surface area contributed by atoms with Crippen LogP contribution in [0.3, 0.4) is 0 Å². The second kappa shape index (κ2) is 5.85. The van der Waals surface area contributed by atoms with Gasteiger partial charge in [-0.2, -0.15) is 0 Å². The first-order valence-electron chi connectivity index (χ1n) is 5.77. The van der Waals surface area contributed by atoms with Crippen LogP contribution < -0.4 is 4.74 Å². The van der Waals surface area contributed by atoms with Crippen molar-refractivity contribution in [2.75, 3.05) is 0 Å². The second-order valence-corrected chi connectivity index (χ2v) is 4.28. The molecule has 1 N–H and O–H groups in total. The van der Waals surface area contributed by atoms with E-state index >= 15 is 0 Å². The predicted molar refractivity (Wildman–Crippen MR) is 71.0 cm³/mol. The van der Waals surface area contributed by atoms with Gasteiger partial charge in [0.05, 0.1) is 23.0 Å². The number of pyridine rings is 1. The van der Waals surface area contributed by atoms with Crippen molar-refractivity contribution in [2.45, 2.75) is 19.4 Å². The van der Waals surface area contributed by atoms with Gasteiger partial charge in [0.1, 0.15) is 11.5 Å². The number of aliphatic hydroxyl groups excluding tert-OH is 1. The maximum Gasteiger partial charge on any atom is 0.146 e. The Bertz CT molecular complexity index is 513. The fourth-order valence-electron chi connectivity index (χ4n) is 1.51. The van der Waals surface area contributed by atoms with Crippen LogP contribution >= 0.6 is 11.6 Å². The number of para-hydroxylation sites is 1. The summed E-state index contributed by atoms with van der Waals surface area (Å²) < 4.78 is 5.60. The predicted octanol–water partition coefficient (Wildman–Crippen LogP) is 3.97. The number of hydrogen-bond acceptors (Lipinski definition) is 3. The molecular weight excluding hydrogens is 250 g/mol. The molecule has 0 aliphatic rings. The lowest BCUT2D eigenvalue weighted by molar-refractivity contribution is 0.169. The first-order valence-corrected chi connectivity index (χ1v) is 6.15. The van der Waals surface area contributed by atoms with Gasteiger partial charge in [-0.15, -0.1) is 0 Å². The largest absolute Gasteiger partial charge is 0.454 e. The minimum absolute atomic E-state index is 0.528. The van der Waals surface area contributed by atoms with Crippen molar-refractivity contribution in [2.24, 2.45) is 0 Å². The molecule has 1 atom stereocenters. The van der Waals surface area contributed by atoms with E-state index in [1.54, 1.807) is 30.5 Å². The Kier molecular flexibility index (Phi) is 4.18. The van der Waals surface area contributed by atoms with E-state index in [1.165, 1.54) is 0 Å². The Morgan fingerprint density at radius 2 is 2.06 bits per heavy atom. The second-order valence-electron chi connectivity index (χ2n) is 3.88. The molecule has 3 nitrogen and oxygen atoms in total.